The Kier molecular flexibility index (Phi) is 4.50. The van der Waals surface area contributed by atoms with Gasteiger partial charge in [0, 0.05) is 31.7 Å². The van der Waals surface area contributed by atoms with Crippen molar-refractivity contribution in [3.63, 3.8) is 0 Å². The van der Waals surface area contributed by atoms with E-state index in [4.69, 9.17) is 0 Å². The average Bonchev–Trinajstić information content (AvgIpc) is 2.62. The Labute approximate surface area is 117 Å². The van der Waals surface area contributed by atoms with Crippen LogP contribution in [0.15, 0.2) is 0 Å². The van der Waals surface area contributed by atoms with Crippen molar-refractivity contribution in [3.8, 4) is 0 Å². The maximum Gasteiger partial charge on any atom is 0.131 e. The van der Waals surface area contributed by atoms with E-state index in [1.807, 2.05) is 0 Å². The van der Waals surface area contributed by atoms with Crippen molar-refractivity contribution < 1.29 is 0 Å². The Morgan fingerprint density at radius 1 is 1.37 bits per heavy atom. The SMILES string of the molecule is CCNCc1c(C)nn(C)c1N1CCC(C)CC1C. The predicted octanol–water partition coefficient (Wildman–Crippen LogP) is 2.46. The lowest BCUT2D eigenvalue weighted by atomic mass is 9.93. The molecule has 2 rings (SSSR count). The van der Waals surface area contributed by atoms with Gasteiger partial charge in [0.25, 0.3) is 0 Å². The van der Waals surface area contributed by atoms with E-state index in [-0.39, 0.29) is 0 Å². The monoisotopic (exact) mass is 264 g/mol. The van der Waals surface area contributed by atoms with Crippen LogP contribution in [0.25, 0.3) is 0 Å². The van der Waals surface area contributed by atoms with Crippen LogP contribution in [0.2, 0.25) is 0 Å². The van der Waals surface area contributed by atoms with E-state index in [0.29, 0.717) is 6.04 Å². The second kappa shape index (κ2) is 5.95. The number of hydrogen-bond acceptors (Lipinski definition) is 3. The van der Waals surface area contributed by atoms with Crippen molar-refractivity contribution in [2.24, 2.45) is 13.0 Å². The normalized spacial score (nSPS) is 23.9. The van der Waals surface area contributed by atoms with Gasteiger partial charge in [-0.25, -0.2) is 0 Å². The van der Waals surface area contributed by atoms with Crippen LogP contribution in [0.4, 0.5) is 5.82 Å². The first kappa shape index (κ1) is 14.4. The molecule has 1 saturated heterocycles. The highest BCUT2D eigenvalue weighted by atomic mass is 15.4. The standard InChI is InChI=1S/C15H28N4/c1-6-16-10-14-13(4)17-18(5)15(14)19-8-7-11(2)9-12(19)3/h11-12,16H,6-10H2,1-5H3. The van der Waals surface area contributed by atoms with Crippen molar-refractivity contribution >= 4 is 5.82 Å². The molecule has 1 N–H and O–H groups in total. The summed E-state index contributed by atoms with van der Waals surface area (Å²) in [5.74, 6) is 2.16. The molecule has 1 aliphatic rings. The Morgan fingerprint density at radius 3 is 2.74 bits per heavy atom. The number of nitrogens with one attached hydrogen (secondary N) is 1. The van der Waals surface area contributed by atoms with Crippen LogP contribution in [-0.4, -0.2) is 28.9 Å². The lowest BCUT2D eigenvalue weighted by molar-refractivity contribution is 0.372. The fraction of sp³-hybridized carbons (Fsp3) is 0.800. The molecule has 0 aromatic carbocycles. The third kappa shape index (κ3) is 2.94. The summed E-state index contributed by atoms with van der Waals surface area (Å²) in [4.78, 5) is 2.55. The maximum absolute atomic E-state index is 4.63. The molecule has 108 valence electrons. The molecule has 1 fully saturated rings. The third-order valence-corrected chi connectivity index (χ3v) is 4.28. The number of aromatic nitrogens is 2. The molecule has 1 aromatic rings. The molecule has 0 bridgehead atoms. The number of hydrogen-bond donors (Lipinski definition) is 1. The van der Waals surface area contributed by atoms with Gasteiger partial charge < -0.3 is 10.2 Å². The lowest BCUT2D eigenvalue weighted by Gasteiger charge is -2.38. The number of nitrogens with zero attached hydrogens (tertiary/aromatic N) is 3. The van der Waals surface area contributed by atoms with Gasteiger partial charge in [-0.1, -0.05) is 13.8 Å². The summed E-state index contributed by atoms with van der Waals surface area (Å²) in [6, 6.07) is 0.610. The van der Waals surface area contributed by atoms with E-state index in [0.717, 1.165) is 31.2 Å². The molecule has 0 radical (unpaired) electrons. The molecule has 1 aromatic heterocycles. The first-order valence-corrected chi connectivity index (χ1v) is 7.54. The minimum atomic E-state index is 0.610. The van der Waals surface area contributed by atoms with E-state index < -0.39 is 0 Å². The molecule has 1 aliphatic heterocycles. The zero-order valence-electron chi connectivity index (χ0n) is 13.0. The minimum absolute atomic E-state index is 0.610. The summed E-state index contributed by atoms with van der Waals surface area (Å²) in [7, 11) is 2.07. The first-order valence-electron chi connectivity index (χ1n) is 7.54. The van der Waals surface area contributed by atoms with Gasteiger partial charge in [-0.3, -0.25) is 4.68 Å². The van der Waals surface area contributed by atoms with Crippen molar-refractivity contribution in [1.82, 2.24) is 15.1 Å². The summed E-state index contributed by atoms with van der Waals surface area (Å²) in [5, 5.41) is 8.07. The first-order chi connectivity index (χ1) is 9.04. The fourth-order valence-electron chi connectivity index (χ4n) is 3.23. The molecule has 0 saturated carbocycles. The lowest BCUT2D eigenvalue weighted by Crippen LogP contribution is -2.42. The highest BCUT2D eigenvalue weighted by molar-refractivity contribution is 5.51. The van der Waals surface area contributed by atoms with E-state index in [1.165, 1.54) is 24.2 Å². The van der Waals surface area contributed by atoms with Crippen LogP contribution >= 0.6 is 0 Å². The summed E-state index contributed by atoms with van der Waals surface area (Å²) >= 11 is 0. The van der Waals surface area contributed by atoms with E-state index in [9.17, 15) is 0 Å². The summed E-state index contributed by atoms with van der Waals surface area (Å²) in [6.45, 7) is 12.0. The largest absolute Gasteiger partial charge is 0.354 e. The second-order valence-electron chi connectivity index (χ2n) is 5.96. The Balaban J connectivity index is 2.27. The number of anilines is 1. The molecule has 2 heterocycles. The van der Waals surface area contributed by atoms with Gasteiger partial charge in [0.05, 0.1) is 5.69 Å². The van der Waals surface area contributed by atoms with Gasteiger partial charge in [-0.15, -0.1) is 0 Å². The predicted molar refractivity (Wildman–Crippen MR) is 80.5 cm³/mol. The average molecular weight is 264 g/mol. The molecule has 2 unspecified atom stereocenters. The van der Waals surface area contributed by atoms with Gasteiger partial charge in [-0.05, 0) is 39.2 Å². The second-order valence-corrected chi connectivity index (χ2v) is 5.96. The van der Waals surface area contributed by atoms with Gasteiger partial charge >= 0.3 is 0 Å². The summed E-state index contributed by atoms with van der Waals surface area (Å²) in [5.41, 5.74) is 2.52. The Hall–Kier alpha value is -1.03. The molecule has 0 spiro atoms. The van der Waals surface area contributed by atoms with Gasteiger partial charge in [0.1, 0.15) is 5.82 Å². The molecular weight excluding hydrogens is 236 g/mol. The topological polar surface area (TPSA) is 33.1 Å². The highest BCUT2D eigenvalue weighted by Gasteiger charge is 2.27. The number of piperidine rings is 1. The van der Waals surface area contributed by atoms with Crippen LogP contribution in [-0.2, 0) is 13.6 Å². The van der Waals surface area contributed by atoms with Crippen LogP contribution < -0.4 is 10.2 Å². The van der Waals surface area contributed by atoms with Gasteiger partial charge in [-0.2, -0.15) is 5.10 Å². The Morgan fingerprint density at radius 2 is 2.11 bits per heavy atom. The van der Waals surface area contributed by atoms with Gasteiger partial charge in [0.15, 0.2) is 0 Å². The van der Waals surface area contributed by atoms with Crippen LogP contribution in [0.5, 0.6) is 0 Å². The molecular formula is C15H28N4. The summed E-state index contributed by atoms with van der Waals surface area (Å²) in [6.07, 6.45) is 2.57. The number of rotatable bonds is 4. The van der Waals surface area contributed by atoms with Crippen molar-refractivity contribution in [3.05, 3.63) is 11.3 Å². The molecule has 4 nitrogen and oxygen atoms in total. The maximum atomic E-state index is 4.63. The number of aryl methyl sites for hydroxylation is 2. The van der Waals surface area contributed by atoms with Gasteiger partial charge in [0.2, 0.25) is 0 Å². The smallest absolute Gasteiger partial charge is 0.131 e. The van der Waals surface area contributed by atoms with Crippen LogP contribution in [0, 0.1) is 12.8 Å². The van der Waals surface area contributed by atoms with Crippen molar-refractivity contribution in [1.29, 1.82) is 0 Å². The third-order valence-electron chi connectivity index (χ3n) is 4.28. The highest BCUT2D eigenvalue weighted by Crippen LogP contribution is 2.31. The quantitative estimate of drug-likeness (QED) is 0.907. The minimum Gasteiger partial charge on any atom is -0.354 e. The van der Waals surface area contributed by atoms with Crippen molar-refractivity contribution in [2.45, 2.75) is 53.1 Å². The molecule has 4 heteroatoms. The van der Waals surface area contributed by atoms with Crippen LogP contribution in [0.1, 0.15) is 44.9 Å². The summed E-state index contributed by atoms with van der Waals surface area (Å²) < 4.78 is 2.06. The van der Waals surface area contributed by atoms with E-state index >= 15 is 0 Å². The molecule has 19 heavy (non-hydrogen) atoms. The zero-order chi connectivity index (χ0) is 14.0. The van der Waals surface area contributed by atoms with E-state index in [1.54, 1.807) is 0 Å². The molecule has 0 aliphatic carbocycles. The molecule has 0 amide bonds. The van der Waals surface area contributed by atoms with Crippen LogP contribution in [0.3, 0.4) is 0 Å². The van der Waals surface area contributed by atoms with E-state index in [2.05, 4.69) is 54.7 Å². The fourth-order valence-corrected chi connectivity index (χ4v) is 3.23. The zero-order valence-corrected chi connectivity index (χ0v) is 13.0. The molecule has 2 atom stereocenters. The Bertz CT molecular complexity index is 424. The van der Waals surface area contributed by atoms with Crippen molar-refractivity contribution in [2.75, 3.05) is 18.0 Å².